The van der Waals surface area contributed by atoms with Gasteiger partial charge in [-0.25, -0.2) is 8.42 Å². The van der Waals surface area contributed by atoms with Gasteiger partial charge in [0.15, 0.2) is 0 Å². The summed E-state index contributed by atoms with van der Waals surface area (Å²) >= 11 is 0. The first kappa shape index (κ1) is 13.0. The number of aromatic hydroxyl groups is 2. The van der Waals surface area contributed by atoms with Crippen molar-refractivity contribution in [2.75, 3.05) is 0 Å². The number of phenols is 2. The van der Waals surface area contributed by atoms with Crippen molar-refractivity contribution < 1.29 is 18.6 Å². The lowest BCUT2D eigenvalue weighted by Crippen LogP contribution is -2.05. The average Bonchev–Trinajstić information content (AvgIpc) is 2.46. The zero-order valence-electron chi connectivity index (χ0n) is 10.9. The van der Waals surface area contributed by atoms with E-state index < -0.39 is 9.84 Å². The van der Waals surface area contributed by atoms with Crippen LogP contribution in [0, 0.1) is 6.92 Å². The number of sulfone groups is 1. The van der Waals surface area contributed by atoms with Crippen molar-refractivity contribution in [3.63, 3.8) is 0 Å². The molecule has 0 saturated heterocycles. The molecule has 2 N–H and O–H groups in total. The minimum absolute atomic E-state index is 0.0490. The number of hydrogen-bond acceptors (Lipinski definition) is 4. The van der Waals surface area contributed by atoms with E-state index in [0.29, 0.717) is 18.4 Å². The third-order valence-electron chi connectivity index (χ3n) is 3.68. The van der Waals surface area contributed by atoms with Gasteiger partial charge in [0.1, 0.15) is 11.5 Å². The summed E-state index contributed by atoms with van der Waals surface area (Å²) in [6, 6.07) is 7.17. The van der Waals surface area contributed by atoms with Gasteiger partial charge in [-0.15, -0.1) is 0 Å². The van der Waals surface area contributed by atoms with Gasteiger partial charge in [0, 0.05) is 0 Å². The van der Waals surface area contributed by atoms with Crippen LogP contribution in [0.25, 0.3) is 0 Å². The van der Waals surface area contributed by atoms with Crippen LogP contribution in [0.5, 0.6) is 11.5 Å². The summed E-state index contributed by atoms with van der Waals surface area (Å²) in [4.78, 5) is 0.374. The molecule has 0 fully saturated rings. The van der Waals surface area contributed by atoms with Crippen molar-refractivity contribution in [2.24, 2.45) is 0 Å². The summed E-state index contributed by atoms with van der Waals surface area (Å²) in [5, 5.41) is 19.2. The van der Waals surface area contributed by atoms with E-state index in [4.69, 9.17) is 0 Å². The molecule has 0 aromatic heterocycles. The normalized spacial score (nSPS) is 16.1. The minimum Gasteiger partial charge on any atom is -0.508 e. The number of hydrogen-bond donors (Lipinski definition) is 2. The average molecular weight is 290 g/mol. The summed E-state index contributed by atoms with van der Waals surface area (Å²) in [5.41, 5.74) is 2.11. The van der Waals surface area contributed by atoms with E-state index in [-0.39, 0.29) is 21.3 Å². The van der Waals surface area contributed by atoms with Gasteiger partial charge >= 0.3 is 0 Å². The number of phenolic OH excluding ortho intramolecular Hbond substituents is 2. The Morgan fingerprint density at radius 2 is 1.70 bits per heavy atom. The fourth-order valence-electron chi connectivity index (χ4n) is 2.73. The SMILES string of the molecule is Cc1cc(O)cc2c1CCc1cc(O)ccc1S2(=O)=O. The van der Waals surface area contributed by atoms with Crippen molar-refractivity contribution in [3.8, 4) is 11.5 Å². The maximum Gasteiger partial charge on any atom is 0.207 e. The molecule has 0 radical (unpaired) electrons. The van der Waals surface area contributed by atoms with Gasteiger partial charge in [-0.05, 0) is 66.8 Å². The monoisotopic (exact) mass is 290 g/mol. The van der Waals surface area contributed by atoms with Gasteiger partial charge in [0.05, 0.1) is 9.79 Å². The van der Waals surface area contributed by atoms with Crippen molar-refractivity contribution >= 4 is 9.84 Å². The molecule has 1 aliphatic rings. The summed E-state index contributed by atoms with van der Waals surface area (Å²) in [7, 11) is -3.67. The van der Waals surface area contributed by atoms with Gasteiger partial charge in [-0.1, -0.05) is 0 Å². The second-order valence-corrected chi connectivity index (χ2v) is 6.92. The first-order chi connectivity index (χ1) is 9.39. The topological polar surface area (TPSA) is 74.6 Å². The standard InChI is InChI=1S/C15H14O4S/c1-9-6-12(17)8-15-13(9)4-2-10-7-11(16)3-5-14(10)20(15,18)19/h3,5-8,16-17H,2,4H2,1H3. The van der Waals surface area contributed by atoms with Crippen LogP contribution in [-0.4, -0.2) is 18.6 Å². The highest BCUT2D eigenvalue weighted by atomic mass is 32.2. The highest BCUT2D eigenvalue weighted by Gasteiger charge is 2.29. The van der Waals surface area contributed by atoms with Crippen molar-refractivity contribution in [1.82, 2.24) is 0 Å². The highest BCUT2D eigenvalue weighted by Crippen LogP contribution is 2.36. The molecule has 0 atom stereocenters. The van der Waals surface area contributed by atoms with Crippen LogP contribution in [0.15, 0.2) is 40.1 Å². The largest absolute Gasteiger partial charge is 0.508 e. The Hall–Kier alpha value is -2.01. The number of benzene rings is 2. The van der Waals surface area contributed by atoms with E-state index in [1.807, 2.05) is 0 Å². The molecular formula is C15H14O4S. The lowest BCUT2D eigenvalue weighted by molar-refractivity contribution is 0.472. The third-order valence-corrected chi connectivity index (χ3v) is 5.60. The second kappa shape index (κ2) is 4.24. The molecule has 0 amide bonds. The molecule has 2 aromatic carbocycles. The van der Waals surface area contributed by atoms with Crippen LogP contribution in [0.1, 0.15) is 16.7 Å². The predicted molar refractivity (Wildman–Crippen MR) is 73.8 cm³/mol. The summed E-state index contributed by atoms with van der Waals surface area (Å²) in [6.07, 6.45) is 1.11. The van der Waals surface area contributed by atoms with Crippen molar-refractivity contribution in [3.05, 3.63) is 47.0 Å². The number of fused-ring (bicyclic) bond motifs is 2. The fourth-order valence-corrected chi connectivity index (χ4v) is 4.58. The lowest BCUT2D eigenvalue weighted by atomic mass is 10.0. The highest BCUT2D eigenvalue weighted by molar-refractivity contribution is 7.91. The Morgan fingerprint density at radius 3 is 2.45 bits per heavy atom. The summed E-state index contributed by atoms with van der Waals surface area (Å²) in [5.74, 6) is 0.0107. The number of rotatable bonds is 0. The first-order valence-electron chi connectivity index (χ1n) is 6.29. The van der Waals surface area contributed by atoms with Gasteiger partial charge in [0.25, 0.3) is 0 Å². The Balaban J connectivity index is 2.36. The second-order valence-electron chi connectivity index (χ2n) is 5.03. The quantitative estimate of drug-likeness (QED) is 0.781. The van der Waals surface area contributed by atoms with E-state index in [9.17, 15) is 18.6 Å². The van der Waals surface area contributed by atoms with Crippen LogP contribution < -0.4 is 0 Å². The maximum atomic E-state index is 12.7. The third kappa shape index (κ3) is 1.86. The van der Waals surface area contributed by atoms with Crippen LogP contribution >= 0.6 is 0 Å². The van der Waals surface area contributed by atoms with Crippen LogP contribution in [-0.2, 0) is 22.7 Å². The summed E-state index contributed by atoms with van der Waals surface area (Å²) in [6.45, 7) is 1.79. The zero-order chi connectivity index (χ0) is 14.5. The molecule has 4 nitrogen and oxygen atoms in total. The van der Waals surface area contributed by atoms with E-state index in [1.54, 1.807) is 13.0 Å². The molecule has 0 bridgehead atoms. The fraction of sp³-hybridized carbons (Fsp3) is 0.200. The lowest BCUT2D eigenvalue weighted by Gasteiger charge is -2.10. The van der Waals surface area contributed by atoms with Gasteiger partial charge in [0.2, 0.25) is 9.84 Å². The molecule has 5 heteroatoms. The molecule has 0 spiro atoms. The smallest absolute Gasteiger partial charge is 0.207 e. The Bertz CT molecular complexity index is 807. The Kier molecular flexibility index (Phi) is 2.76. The van der Waals surface area contributed by atoms with E-state index in [0.717, 1.165) is 11.1 Å². The first-order valence-corrected chi connectivity index (χ1v) is 7.77. The van der Waals surface area contributed by atoms with E-state index in [1.165, 1.54) is 24.3 Å². The zero-order valence-corrected chi connectivity index (χ0v) is 11.7. The number of aryl methyl sites for hydroxylation is 2. The maximum absolute atomic E-state index is 12.7. The minimum atomic E-state index is -3.67. The van der Waals surface area contributed by atoms with Crippen molar-refractivity contribution in [2.45, 2.75) is 29.6 Å². The molecule has 1 heterocycles. The van der Waals surface area contributed by atoms with Crippen LogP contribution in [0.3, 0.4) is 0 Å². The molecule has 0 saturated carbocycles. The molecule has 3 rings (SSSR count). The van der Waals surface area contributed by atoms with Crippen molar-refractivity contribution in [1.29, 1.82) is 0 Å². The summed E-state index contributed by atoms with van der Waals surface area (Å²) < 4.78 is 25.5. The van der Waals surface area contributed by atoms with Crippen LogP contribution in [0.2, 0.25) is 0 Å². The van der Waals surface area contributed by atoms with Gasteiger partial charge < -0.3 is 10.2 Å². The molecule has 104 valence electrons. The van der Waals surface area contributed by atoms with Gasteiger partial charge in [-0.3, -0.25) is 0 Å². The van der Waals surface area contributed by atoms with E-state index in [2.05, 4.69) is 0 Å². The van der Waals surface area contributed by atoms with Crippen LogP contribution in [0.4, 0.5) is 0 Å². The molecule has 20 heavy (non-hydrogen) atoms. The van der Waals surface area contributed by atoms with E-state index >= 15 is 0 Å². The Morgan fingerprint density at radius 1 is 0.950 bits per heavy atom. The molecule has 1 aliphatic heterocycles. The molecule has 0 aliphatic carbocycles. The Labute approximate surface area is 117 Å². The van der Waals surface area contributed by atoms with Gasteiger partial charge in [-0.2, -0.15) is 0 Å². The predicted octanol–water partition coefficient (Wildman–Crippen LogP) is 2.34. The molecule has 0 unspecified atom stereocenters. The molecular weight excluding hydrogens is 276 g/mol. The molecule has 2 aromatic rings.